The summed E-state index contributed by atoms with van der Waals surface area (Å²) in [6, 6.07) is 0.879. The van der Waals surface area contributed by atoms with E-state index in [-0.39, 0.29) is 6.10 Å². The molecule has 1 aromatic rings. The molecule has 2 rings (SSSR count). The second kappa shape index (κ2) is 10.2. The molecule has 0 aliphatic carbocycles. The van der Waals surface area contributed by atoms with E-state index >= 15 is 0 Å². The fraction of sp³-hybridized carbons (Fsp3) is 0.778. The molecule has 0 aromatic carbocycles. The summed E-state index contributed by atoms with van der Waals surface area (Å²) in [6.07, 6.45) is 0.0351. The van der Waals surface area contributed by atoms with Gasteiger partial charge in [0.05, 0.1) is 25.5 Å². The predicted octanol–water partition coefficient (Wildman–Crippen LogP) is 1.97. The van der Waals surface area contributed by atoms with E-state index in [0.29, 0.717) is 12.1 Å². The van der Waals surface area contributed by atoms with Gasteiger partial charge in [0.1, 0.15) is 11.1 Å². The van der Waals surface area contributed by atoms with E-state index in [4.69, 9.17) is 9.47 Å². The van der Waals surface area contributed by atoms with E-state index in [1.165, 1.54) is 0 Å². The number of nitrogens with one attached hydrogen (secondary N) is 1. The van der Waals surface area contributed by atoms with Crippen molar-refractivity contribution in [2.45, 2.75) is 45.5 Å². The summed E-state index contributed by atoms with van der Waals surface area (Å²) < 4.78 is 10.9. The highest BCUT2D eigenvalue weighted by Gasteiger charge is 2.24. The lowest BCUT2D eigenvalue weighted by Crippen LogP contribution is -2.53. The molecular formula is C18H33N5O2S. The zero-order valence-electron chi connectivity index (χ0n) is 16.9. The van der Waals surface area contributed by atoms with Crippen LogP contribution in [-0.4, -0.2) is 80.3 Å². The lowest BCUT2D eigenvalue weighted by atomic mass is 10.2. The van der Waals surface area contributed by atoms with E-state index in [1.54, 1.807) is 18.4 Å². The molecule has 26 heavy (non-hydrogen) atoms. The highest BCUT2D eigenvalue weighted by molar-refractivity contribution is 7.09. The van der Waals surface area contributed by atoms with Gasteiger partial charge in [-0.1, -0.05) is 0 Å². The lowest BCUT2D eigenvalue weighted by molar-refractivity contribution is -0.0175. The minimum absolute atomic E-state index is 0.0351. The molecule has 148 valence electrons. The van der Waals surface area contributed by atoms with Crippen LogP contribution in [0.5, 0.6) is 0 Å². The summed E-state index contributed by atoms with van der Waals surface area (Å²) in [5.41, 5.74) is 1.04. The van der Waals surface area contributed by atoms with Gasteiger partial charge in [0.2, 0.25) is 0 Å². The van der Waals surface area contributed by atoms with Gasteiger partial charge >= 0.3 is 0 Å². The maximum atomic E-state index is 5.53. The van der Waals surface area contributed by atoms with E-state index in [0.717, 1.165) is 49.5 Å². The fourth-order valence-electron chi connectivity index (χ4n) is 3.14. The lowest BCUT2D eigenvalue weighted by Gasteiger charge is -2.38. The van der Waals surface area contributed by atoms with Gasteiger partial charge in [0.25, 0.3) is 0 Å². The van der Waals surface area contributed by atoms with E-state index < -0.39 is 0 Å². The number of aromatic nitrogens is 1. The quantitative estimate of drug-likeness (QED) is 0.574. The Balaban J connectivity index is 1.86. The molecular weight excluding hydrogens is 350 g/mol. The van der Waals surface area contributed by atoms with Crippen LogP contribution in [0.25, 0.3) is 0 Å². The van der Waals surface area contributed by atoms with Crippen LogP contribution in [0.15, 0.2) is 10.4 Å². The van der Waals surface area contributed by atoms with Gasteiger partial charge in [-0.3, -0.25) is 9.89 Å². The first kappa shape index (κ1) is 21.1. The largest absolute Gasteiger partial charge is 0.379 e. The molecule has 1 aliphatic heterocycles. The third-order valence-corrected chi connectivity index (χ3v) is 5.84. The van der Waals surface area contributed by atoms with Crippen molar-refractivity contribution >= 4 is 17.3 Å². The van der Waals surface area contributed by atoms with Crippen molar-refractivity contribution in [3.05, 3.63) is 16.1 Å². The van der Waals surface area contributed by atoms with Crippen LogP contribution in [-0.2, 0) is 16.0 Å². The van der Waals surface area contributed by atoms with Crippen molar-refractivity contribution in [1.29, 1.82) is 0 Å². The number of ether oxygens (including phenoxy) is 2. The first-order valence-electron chi connectivity index (χ1n) is 9.18. The average molecular weight is 384 g/mol. The second-order valence-electron chi connectivity index (χ2n) is 6.85. The predicted molar refractivity (Wildman–Crippen MR) is 107 cm³/mol. The van der Waals surface area contributed by atoms with Crippen molar-refractivity contribution < 1.29 is 9.47 Å². The number of guanidine groups is 1. The summed E-state index contributed by atoms with van der Waals surface area (Å²) in [7, 11) is 5.57. The number of hydrogen-bond donors (Lipinski definition) is 1. The number of nitrogens with zero attached hydrogens (tertiary/aromatic N) is 4. The Morgan fingerprint density at radius 1 is 1.58 bits per heavy atom. The molecule has 8 heteroatoms. The van der Waals surface area contributed by atoms with Crippen molar-refractivity contribution in [1.82, 2.24) is 20.1 Å². The molecule has 7 nitrogen and oxygen atoms in total. The van der Waals surface area contributed by atoms with Gasteiger partial charge in [-0.15, -0.1) is 11.3 Å². The normalized spacial score (nSPS) is 21.5. The summed E-state index contributed by atoms with van der Waals surface area (Å²) >= 11 is 1.64. The topological polar surface area (TPSA) is 62.2 Å². The number of methoxy groups -OCH3 is 1. The summed E-state index contributed by atoms with van der Waals surface area (Å²) in [6.45, 7) is 10.7. The van der Waals surface area contributed by atoms with Crippen LogP contribution in [0.2, 0.25) is 0 Å². The van der Waals surface area contributed by atoms with E-state index in [9.17, 15) is 0 Å². The Bertz CT molecular complexity index is 580. The standard InChI is InChI=1S/C18H33N5O2S/c1-13(23-7-8-25-11-14(23)2)9-20-18(19-4)22(5)10-16-12-26-17(21-16)15(3)24-6/h12-15H,7-11H2,1-6H3,(H,19,20). The van der Waals surface area contributed by atoms with Crippen LogP contribution < -0.4 is 5.32 Å². The van der Waals surface area contributed by atoms with Crippen molar-refractivity contribution in [2.75, 3.05) is 47.5 Å². The maximum absolute atomic E-state index is 5.53. The molecule has 0 bridgehead atoms. The van der Waals surface area contributed by atoms with Crippen molar-refractivity contribution in [2.24, 2.45) is 4.99 Å². The van der Waals surface area contributed by atoms with Crippen LogP contribution in [0, 0.1) is 0 Å². The van der Waals surface area contributed by atoms with Gasteiger partial charge in [-0.05, 0) is 20.8 Å². The molecule has 0 spiro atoms. The summed E-state index contributed by atoms with van der Waals surface area (Å²) in [4.78, 5) is 13.7. The number of thiazole rings is 1. The number of hydrogen-bond acceptors (Lipinski definition) is 6. The number of aliphatic imine (C=N–C) groups is 1. The molecule has 3 unspecified atom stereocenters. The highest BCUT2D eigenvalue weighted by Crippen LogP contribution is 2.21. The molecule has 0 radical (unpaired) electrons. The Kier molecular flexibility index (Phi) is 8.27. The molecule has 1 saturated heterocycles. The number of morpholine rings is 1. The van der Waals surface area contributed by atoms with Crippen molar-refractivity contribution in [3.8, 4) is 0 Å². The molecule has 3 atom stereocenters. The smallest absolute Gasteiger partial charge is 0.193 e. The zero-order chi connectivity index (χ0) is 19.1. The first-order chi connectivity index (χ1) is 12.5. The Hall–Kier alpha value is -1.22. The highest BCUT2D eigenvalue weighted by atomic mass is 32.1. The molecule has 1 N–H and O–H groups in total. The van der Waals surface area contributed by atoms with E-state index in [2.05, 4.69) is 44.3 Å². The molecule has 2 heterocycles. The minimum Gasteiger partial charge on any atom is -0.379 e. The van der Waals surface area contributed by atoms with Crippen LogP contribution >= 0.6 is 11.3 Å². The Morgan fingerprint density at radius 3 is 3.00 bits per heavy atom. The van der Waals surface area contributed by atoms with E-state index in [1.807, 2.05) is 21.0 Å². The number of rotatable bonds is 7. The zero-order valence-corrected chi connectivity index (χ0v) is 17.7. The van der Waals surface area contributed by atoms with Crippen LogP contribution in [0.4, 0.5) is 0 Å². The van der Waals surface area contributed by atoms with Crippen LogP contribution in [0.1, 0.15) is 37.6 Å². The molecule has 0 amide bonds. The van der Waals surface area contributed by atoms with Gasteiger partial charge in [-0.2, -0.15) is 0 Å². The Labute approximate surface area is 161 Å². The molecule has 1 aliphatic rings. The summed E-state index contributed by atoms with van der Waals surface area (Å²) in [5.74, 6) is 0.882. The maximum Gasteiger partial charge on any atom is 0.193 e. The van der Waals surface area contributed by atoms with Crippen LogP contribution in [0.3, 0.4) is 0 Å². The fourth-order valence-corrected chi connectivity index (χ4v) is 3.98. The van der Waals surface area contributed by atoms with Gasteiger partial charge < -0.3 is 19.7 Å². The molecule has 1 aromatic heterocycles. The van der Waals surface area contributed by atoms with Gasteiger partial charge in [-0.25, -0.2) is 4.98 Å². The van der Waals surface area contributed by atoms with Gasteiger partial charge in [0, 0.05) is 51.8 Å². The first-order valence-corrected chi connectivity index (χ1v) is 10.1. The summed E-state index contributed by atoms with van der Waals surface area (Å²) in [5, 5.41) is 6.59. The third-order valence-electron chi connectivity index (χ3n) is 4.78. The third kappa shape index (κ3) is 5.64. The molecule has 1 fully saturated rings. The Morgan fingerprint density at radius 2 is 2.35 bits per heavy atom. The van der Waals surface area contributed by atoms with Gasteiger partial charge in [0.15, 0.2) is 5.96 Å². The van der Waals surface area contributed by atoms with Crippen molar-refractivity contribution in [3.63, 3.8) is 0 Å². The molecule has 0 saturated carbocycles. The average Bonchev–Trinajstić information content (AvgIpc) is 3.10. The SMILES string of the molecule is CN=C(NCC(C)N1CCOCC1C)N(C)Cc1csc(C(C)OC)n1. The minimum atomic E-state index is 0.0351. The monoisotopic (exact) mass is 383 g/mol. The second-order valence-corrected chi connectivity index (χ2v) is 7.74.